The van der Waals surface area contributed by atoms with Gasteiger partial charge >= 0.3 is 0 Å². The first-order valence-electron chi connectivity index (χ1n) is 9.03. The number of rotatable bonds is 6. The third-order valence-electron chi connectivity index (χ3n) is 4.50. The van der Waals surface area contributed by atoms with Crippen molar-refractivity contribution in [1.82, 2.24) is 5.32 Å². The number of nitrogens with zero attached hydrogens (tertiary/aromatic N) is 2. The molecule has 6 nitrogen and oxygen atoms in total. The van der Waals surface area contributed by atoms with Crippen LogP contribution in [0.4, 0.5) is 11.4 Å². The number of carbonyl (C=O) groups excluding carboxylic acids is 2. The highest BCUT2D eigenvalue weighted by molar-refractivity contribution is 9.10. The predicted octanol–water partition coefficient (Wildman–Crippen LogP) is 4.31. The van der Waals surface area contributed by atoms with Crippen LogP contribution in [0.25, 0.3) is 0 Å². The Kier molecular flexibility index (Phi) is 6.39. The van der Waals surface area contributed by atoms with Gasteiger partial charge in [-0.05, 0) is 57.9 Å². The molecular formula is C22H22BrN3O3. The highest BCUT2D eigenvalue weighted by Crippen LogP contribution is 2.23. The third-order valence-corrected chi connectivity index (χ3v) is 4.93. The molecule has 0 unspecified atom stereocenters. The number of benzene rings is 2. The van der Waals surface area contributed by atoms with Crippen molar-refractivity contribution in [2.24, 2.45) is 0 Å². The Bertz CT molecular complexity index is 1010. The summed E-state index contributed by atoms with van der Waals surface area (Å²) in [6.45, 7) is 0.393. The van der Waals surface area contributed by atoms with Gasteiger partial charge in [0.05, 0.1) is 11.3 Å². The molecule has 1 heterocycles. The molecule has 0 atom stereocenters. The van der Waals surface area contributed by atoms with Crippen LogP contribution in [0, 0.1) is 0 Å². The van der Waals surface area contributed by atoms with E-state index in [9.17, 15) is 9.59 Å². The Morgan fingerprint density at radius 1 is 0.966 bits per heavy atom. The van der Waals surface area contributed by atoms with Crippen LogP contribution in [-0.2, 0) is 6.54 Å². The van der Waals surface area contributed by atoms with Gasteiger partial charge < -0.3 is 19.5 Å². The van der Waals surface area contributed by atoms with Crippen molar-refractivity contribution in [3.63, 3.8) is 0 Å². The normalized spacial score (nSPS) is 10.5. The molecule has 1 N–H and O–H groups in total. The maximum atomic E-state index is 12.8. The molecule has 0 aliphatic heterocycles. The van der Waals surface area contributed by atoms with Crippen molar-refractivity contribution in [2.45, 2.75) is 6.54 Å². The minimum absolute atomic E-state index is 0.190. The van der Waals surface area contributed by atoms with E-state index in [0.717, 1.165) is 11.3 Å². The van der Waals surface area contributed by atoms with Crippen LogP contribution in [0.5, 0.6) is 0 Å². The smallest absolute Gasteiger partial charge is 0.293 e. The topological polar surface area (TPSA) is 65.8 Å². The molecule has 0 spiro atoms. The van der Waals surface area contributed by atoms with Crippen LogP contribution >= 0.6 is 15.9 Å². The molecule has 2 amide bonds. The summed E-state index contributed by atoms with van der Waals surface area (Å²) in [7, 11) is 5.57. The predicted molar refractivity (Wildman–Crippen MR) is 118 cm³/mol. The minimum atomic E-state index is -0.338. The second-order valence-electron chi connectivity index (χ2n) is 6.73. The molecule has 0 fully saturated rings. The molecule has 0 saturated heterocycles. The average molecular weight is 456 g/mol. The van der Waals surface area contributed by atoms with Crippen LogP contribution in [0.1, 0.15) is 26.5 Å². The highest BCUT2D eigenvalue weighted by atomic mass is 79.9. The van der Waals surface area contributed by atoms with Crippen LogP contribution in [0.3, 0.4) is 0 Å². The molecule has 2 aromatic carbocycles. The summed E-state index contributed by atoms with van der Waals surface area (Å²) >= 11 is 3.19. The first-order valence-corrected chi connectivity index (χ1v) is 9.83. The van der Waals surface area contributed by atoms with E-state index in [1.54, 1.807) is 43.4 Å². The lowest BCUT2D eigenvalue weighted by atomic mass is 10.1. The van der Waals surface area contributed by atoms with E-state index in [1.807, 2.05) is 43.3 Å². The number of hydrogen-bond acceptors (Lipinski definition) is 4. The standard InChI is InChI=1S/C22H22BrN3O3/c1-25(2)16-10-8-15(9-11-16)14-24-21(27)17-6-4-5-7-18(17)26(3)22(28)19-12-13-20(23)29-19/h4-13H,14H2,1-3H3,(H,24,27). The summed E-state index contributed by atoms with van der Waals surface area (Å²) in [6, 6.07) is 18.2. The van der Waals surface area contributed by atoms with Gasteiger partial charge in [-0.15, -0.1) is 0 Å². The number of amides is 2. The summed E-state index contributed by atoms with van der Waals surface area (Å²) in [5.74, 6) is -0.400. The lowest BCUT2D eigenvalue weighted by Crippen LogP contribution is -2.30. The van der Waals surface area contributed by atoms with Gasteiger partial charge in [0.25, 0.3) is 11.8 Å². The van der Waals surface area contributed by atoms with Crippen molar-refractivity contribution < 1.29 is 14.0 Å². The molecule has 0 bridgehead atoms. The lowest BCUT2D eigenvalue weighted by Gasteiger charge is -2.19. The van der Waals surface area contributed by atoms with Gasteiger partial charge in [0.1, 0.15) is 0 Å². The number of anilines is 2. The highest BCUT2D eigenvalue weighted by Gasteiger charge is 2.21. The fourth-order valence-electron chi connectivity index (χ4n) is 2.85. The van der Waals surface area contributed by atoms with Gasteiger partial charge in [-0.2, -0.15) is 0 Å². The molecule has 3 aromatic rings. The van der Waals surface area contributed by atoms with Gasteiger partial charge in [0.15, 0.2) is 10.4 Å². The fourth-order valence-corrected chi connectivity index (χ4v) is 3.16. The third kappa shape index (κ3) is 4.86. The Morgan fingerprint density at radius 2 is 1.66 bits per heavy atom. The van der Waals surface area contributed by atoms with E-state index in [2.05, 4.69) is 21.2 Å². The van der Waals surface area contributed by atoms with Crippen molar-refractivity contribution in [3.05, 3.63) is 82.2 Å². The number of para-hydroxylation sites is 1. The zero-order chi connectivity index (χ0) is 21.0. The molecule has 7 heteroatoms. The SMILES string of the molecule is CN(C)c1ccc(CNC(=O)c2ccccc2N(C)C(=O)c2ccc(Br)o2)cc1. The summed E-state index contributed by atoms with van der Waals surface area (Å²) in [5.41, 5.74) is 3.01. The molecular weight excluding hydrogens is 434 g/mol. The molecule has 0 aliphatic carbocycles. The van der Waals surface area contributed by atoms with Gasteiger partial charge in [-0.1, -0.05) is 24.3 Å². The lowest BCUT2D eigenvalue weighted by molar-refractivity contribution is 0.0951. The number of halogens is 1. The second-order valence-corrected chi connectivity index (χ2v) is 7.51. The maximum Gasteiger partial charge on any atom is 0.293 e. The van der Waals surface area contributed by atoms with Crippen LogP contribution < -0.4 is 15.1 Å². The molecule has 0 radical (unpaired) electrons. The molecule has 0 saturated carbocycles. The molecule has 29 heavy (non-hydrogen) atoms. The van der Waals surface area contributed by atoms with Gasteiger partial charge in [0, 0.05) is 33.4 Å². The summed E-state index contributed by atoms with van der Waals surface area (Å²) < 4.78 is 5.81. The van der Waals surface area contributed by atoms with E-state index in [-0.39, 0.29) is 17.6 Å². The number of nitrogens with one attached hydrogen (secondary N) is 1. The van der Waals surface area contributed by atoms with E-state index in [0.29, 0.717) is 22.5 Å². The van der Waals surface area contributed by atoms with Gasteiger partial charge in [-0.3, -0.25) is 9.59 Å². The fraction of sp³-hybridized carbons (Fsp3) is 0.182. The van der Waals surface area contributed by atoms with Crippen molar-refractivity contribution in [2.75, 3.05) is 30.9 Å². The summed E-state index contributed by atoms with van der Waals surface area (Å²) in [6.07, 6.45) is 0. The summed E-state index contributed by atoms with van der Waals surface area (Å²) in [5, 5.41) is 2.92. The monoisotopic (exact) mass is 455 g/mol. The van der Waals surface area contributed by atoms with Crippen LogP contribution in [-0.4, -0.2) is 33.0 Å². The van der Waals surface area contributed by atoms with E-state index < -0.39 is 0 Å². The van der Waals surface area contributed by atoms with Crippen molar-refractivity contribution in [1.29, 1.82) is 0 Å². The van der Waals surface area contributed by atoms with Crippen LogP contribution in [0.15, 0.2) is 69.8 Å². The van der Waals surface area contributed by atoms with Crippen LogP contribution in [0.2, 0.25) is 0 Å². The molecule has 3 rings (SSSR count). The number of furan rings is 1. The Labute approximate surface area is 178 Å². The van der Waals surface area contributed by atoms with E-state index in [1.165, 1.54) is 4.90 Å². The second kappa shape index (κ2) is 8.96. The zero-order valence-electron chi connectivity index (χ0n) is 16.5. The van der Waals surface area contributed by atoms with E-state index >= 15 is 0 Å². The Morgan fingerprint density at radius 3 is 2.28 bits per heavy atom. The quantitative estimate of drug-likeness (QED) is 0.600. The average Bonchev–Trinajstić information content (AvgIpc) is 3.17. The van der Waals surface area contributed by atoms with Gasteiger partial charge in [0.2, 0.25) is 0 Å². The number of hydrogen-bond donors (Lipinski definition) is 1. The Balaban J connectivity index is 1.73. The minimum Gasteiger partial charge on any atom is -0.444 e. The molecule has 0 aliphatic rings. The van der Waals surface area contributed by atoms with Crippen molar-refractivity contribution >= 4 is 39.1 Å². The number of carbonyl (C=O) groups is 2. The largest absolute Gasteiger partial charge is 0.444 e. The first-order chi connectivity index (χ1) is 13.9. The Hall–Kier alpha value is -3.06. The molecule has 1 aromatic heterocycles. The molecule has 150 valence electrons. The summed E-state index contributed by atoms with van der Waals surface area (Å²) in [4.78, 5) is 28.9. The maximum absolute atomic E-state index is 12.8. The van der Waals surface area contributed by atoms with Crippen molar-refractivity contribution in [3.8, 4) is 0 Å². The van der Waals surface area contributed by atoms with Gasteiger partial charge in [-0.25, -0.2) is 0 Å². The first kappa shape index (κ1) is 20.7. The zero-order valence-corrected chi connectivity index (χ0v) is 18.1. The van der Waals surface area contributed by atoms with E-state index in [4.69, 9.17) is 4.42 Å².